The van der Waals surface area contributed by atoms with Gasteiger partial charge >= 0.3 is 0 Å². The molecule has 4 nitrogen and oxygen atoms in total. The molecule has 138 valence electrons. The van der Waals surface area contributed by atoms with E-state index >= 15 is 0 Å². The summed E-state index contributed by atoms with van der Waals surface area (Å²) in [5.74, 6) is -1.41. The molecule has 1 aromatic heterocycles. The first-order valence-corrected chi connectivity index (χ1v) is 8.97. The number of hydrogen-bond acceptors (Lipinski definition) is 2. The first kappa shape index (κ1) is 17.9. The van der Waals surface area contributed by atoms with E-state index in [9.17, 15) is 13.6 Å². The van der Waals surface area contributed by atoms with Crippen molar-refractivity contribution < 1.29 is 13.6 Å². The van der Waals surface area contributed by atoms with E-state index in [1.54, 1.807) is 18.2 Å². The van der Waals surface area contributed by atoms with E-state index in [-0.39, 0.29) is 28.8 Å². The Morgan fingerprint density at radius 2 is 1.81 bits per heavy atom. The third-order valence-corrected chi connectivity index (χ3v) is 5.20. The molecular weight excluding hydrogens is 395 g/mol. The van der Waals surface area contributed by atoms with Gasteiger partial charge in [0.05, 0.1) is 17.3 Å². The molecule has 0 spiro atoms. The van der Waals surface area contributed by atoms with Gasteiger partial charge in [0, 0.05) is 12.1 Å². The van der Waals surface area contributed by atoms with E-state index < -0.39 is 11.7 Å². The number of rotatable bonds is 3. The predicted molar refractivity (Wildman–Crippen MR) is 99.5 cm³/mol. The van der Waals surface area contributed by atoms with Crippen LogP contribution in [0.4, 0.5) is 14.5 Å². The fourth-order valence-corrected chi connectivity index (χ4v) is 3.57. The van der Waals surface area contributed by atoms with E-state index in [4.69, 9.17) is 23.2 Å². The summed E-state index contributed by atoms with van der Waals surface area (Å²) >= 11 is 12.2. The van der Waals surface area contributed by atoms with E-state index in [1.807, 2.05) is 0 Å². The lowest BCUT2D eigenvalue weighted by Crippen LogP contribution is -2.38. The molecule has 2 aromatic carbocycles. The smallest absolute Gasteiger partial charge is 0.279 e. The topological polar surface area (TPSA) is 38.1 Å². The highest BCUT2D eigenvalue weighted by molar-refractivity contribution is 6.31. The van der Waals surface area contributed by atoms with Crippen LogP contribution in [-0.2, 0) is 13.0 Å². The van der Waals surface area contributed by atoms with Crippen LogP contribution in [-0.4, -0.2) is 22.2 Å². The number of halogens is 4. The second kappa shape index (κ2) is 6.94. The number of nitrogens with zero attached hydrogens (tertiary/aromatic N) is 3. The van der Waals surface area contributed by atoms with Gasteiger partial charge in [0.1, 0.15) is 11.0 Å². The molecule has 1 aliphatic rings. The monoisotopic (exact) mass is 407 g/mol. The highest BCUT2D eigenvalue weighted by atomic mass is 35.5. The van der Waals surface area contributed by atoms with Crippen molar-refractivity contribution in [1.82, 2.24) is 9.78 Å². The van der Waals surface area contributed by atoms with Gasteiger partial charge in [-0.15, -0.1) is 0 Å². The van der Waals surface area contributed by atoms with Crippen molar-refractivity contribution in [2.45, 2.75) is 13.0 Å². The summed E-state index contributed by atoms with van der Waals surface area (Å²) in [4.78, 5) is 14.2. The van der Waals surface area contributed by atoms with Crippen LogP contribution in [0.1, 0.15) is 21.6 Å². The number of fused-ring (bicyclic) bond motifs is 1. The number of carbonyl (C=O) groups is 1. The van der Waals surface area contributed by atoms with Gasteiger partial charge in [-0.1, -0.05) is 41.4 Å². The molecule has 0 saturated carbocycles. The first-order valence-electron chi connectivity index (χ1n) is 8.21. The molecule has 0 saturated heterocycles. The number of hydrogen-bond donors (Lipinski definition) is 0. The molecule has 0 radical (unpaired) electrons. The lowest BCUT2D eigenvalue weighted by atomic mass is 10.1. The quantitative estimate of drug-likeness (QED) is 0.629. The van der Waals surface area contributed by atoms with Gasteiger partial charge in [-0.25, -0.2) is 13.5 Å². The van der Waals surface area contributed by atoms with Gasteiger partial charge in [-0.3, -0.25) is 4.79 Å². The average Bonchev–Trinajstić information content (AvgIpc) is 2.97. The molecule has 2 heterocycles. The second-order valence-electron chi connectivity index (χ2n) is 6.18. The van der Waals surface area contributed by atoms with Crippen LogP contribution >= 0.6 is 23.2 Å². The van der Waals surface area contributed by atoms with Crippen LogP contribution in [0.25, 0.3) is 0 Å². The summed E-state index contributed by atoms with van der Waals surface area (Å²) in [6, 6.07) is 10.5. The van der Waals surface area contributed by atoms with Crippen molar-refractivity contribution in [3.8, 4) is 0 Å². The minimum Gasteiger partial charge on any atom is -0.304 e. The van der Waals surface area contributed by atoms with Gasteiger partial charge < -0.3 is 4.90 Å². The van der Waals surface area contributed by atoms with E-state index in [0.717, 1.165) is 5.56 Å². The number of anilines is 1. The SMILES string of the molecule is O=C1c2nn(Cc3ccc(F)cc3)c(Cl)c2CCN1c1cccc(Cl)c1F. The molecule has 1 amide bonds. The molecule has 0 aliphatic carbocycles. The highest BCUT2D eigenvalue weighted by Crippen LogP contribution is 2.32. The van der Waals surface area contributed by atoms with Gasteiger partial charge in [-0.05, 0) is 36.2 Å². The lowest BCUT2D eigenvalue weighted by molar-refractivity contribution is 0.0974. The summed E-state index contributed by atoms with van der Waals surface area (Å²) in [6.07, 6.45) is 0.440. The van der Waals surface area contributed by atoms with E-state index in [1.165, 1.54) is 33.8 Å². The van der Waals surface area contributed by atoms with Crippen LogP contribution < -0.4 is 4.90 Å². The van der Waals surface area contributed by atoms with Crippen molar-refractivity contribution >= 4 is 34.8 Å². The lowest BCUT2D eigenvalue weighted by Gasteiger charge is -2.26. The fraction of sp³-hybridized carbons (Fsp3) is 0.158. The summed E-state index contributed by atoms with van der Waals surface area (Å²) < 4.78 is 28.9. The Bertz CT molecular complexity index is 1030. The second-order valence-corrected chi connectivity index (χ2v) is 6.95. The predicted octanol–water partition coefficient (Wildman–Crippen LogP) is 4.72. The Labute approximate surface area is 163 Å². The van der Waals surface area contributed by atoms with E-state index in [0.29, 0.717) is 23.7 Å². The molecule has 0 bridgehead atoms. The normalized spacial score (nSPS) is 13.8. The summed E-state index contributed by atoms with van der Waals surface area (Å²) in [5, 5.41) is 4.63. The molecule has 8 heteroatoms. The molecule has 1 aliphatic heterocycles. The Morgan fingerprint density at radius 1 is 1.07 bits per heavy atom. The molecule has 0 atom stereocenters. The fourth-order valence-electron chi connectivity index (χ4n) is 3.12. The first-order chi connectivity index (χ1) is 13.0. The molecule has 3 aromatic rings. The zero-order valence-corrected chi connectivity index (χ0v) is 15.4. The number of amides is 1. The summed E-state index contributed by atoms with van der Waals surface area (Å²) in [7, 11) is 0. The Hall–Kier alpha value is -2.44. The van der Waals surface area contributed by atoms with Crippen LogP contribution in [0.5, 0.6) is 0 Å². The zero-order chi connectivity index (χ0) is 19.1. The van der Waals surface area contributed by atoms with Gasteiger partial charge in [0.15, 0.2) is 11.5 Å². The zero-order valence-electron chi connectivity index (χ0n) is 13.9. The highest BCUT2D eigenvalue weighted by Gasteiger charge is 2.33. The molecule has 0 N–H and O–H groups in total. The van der Waals surface area contributed by atoms with Crippen molar-refractivity contribution in [3.63, 3.8) is 0 Å². The van der Waals surface area contributed by atoms with Crippen molar-refractivity contribution in [3.05, 3.63) is 81.1 Å². The third-order valence-electron chi connectivity index (χ3n) is 4.48. The van der Waals surface area contributed by atoms with Crippen molar-refractivity contribution in [2.24, 2.45) is 0 Å². The van der Waals surface area contributed by atoms with Gasteiger partial charge in [0.2, 0.25) is 0 Å². The minimum atomic E-state index is -0.646. The largest absolute Gasteiger partial charge is 0.304 e. The average molecular weight is 408 g/mol. The van der Waals surface area contributed by atoms with Crippen LogP contribution in [0, 0.1) is 11.6 Å². The maximum absolute atomic E-state index is 14.3. The van der Waals surface area contributed by atoms with Crippen LogP contribution in [0.2, 0.25) is 10.2 Å². The molecule has 4 rings (SSSR count). The summed E-state index contributed by atoms with van der Waals surface area (Å²) in [5.41, 5.74) is 1.72. The minimum absolute atomic E-state index is 0.0500. The Kier molecular flexibility index (Phi) is 4.61. The van der Waals surface area contributed by atoms with Crippen LogP contribution in [0.15, 0.2) is 42.5 Å². The number of carbonyl (C=O) groups excluding carboxylic acids is 1. The Morgan fingerprint density at radius 3 is 2.56 bits per heavy atom. The Balaban J connectivity index is 1.67. The molecule has 0 unspecified atom stereocenters. The summed E-state index contributed by atoms with van der Waals surface area (Å²) in [6.45, 7) is 0.565. The maximum atomic E-state index is 14.3. The molecule has 27 heavy (non-hydrogen) atoms. The van der Waals surface area contributed by atoms with Gasteiger partial charge in [0.25, 0.3) is 5.91 Å². The van der Waals surface area contributed by atoms with Gasteiger partial charge in [-0.2, -0.15) is 5.10 Å². The van der Waals surface area contributed by atoms with Crippen molar-refractivity contribution in [1.29, 1.82) is 0 Å². The molecule has 0 fully saturated rings. The van der Waals surface area contributed by atoms with E-state index in [2.05, 4.69) is 5.10 Å². The van der Waals surface area contributed by atoms with Crippen molar-refractivity contribution in [2.75, 3.05) is 11.4 Å². The molecular formula is C19H13Cl2F2N3O. The third kappa shape index (κ3) is 3.19. The maximum Gasteiger partial charge on any atom is 0.279 e. The number of benzene rings is 2. The number of aromatic nitrogens is 2. The van der Waals surface area contributed by atoms with Crippen LogP contribution in [0.3, 0.4) is 0 Å². The standard InChI is InChI=1S/C19H13Cl2F2N3O/c20-14-2-1-3-15(16(14)23)25-9-8-13-17(19(25)27)24-26(18(13)21)10-11-4-6-12(22)7-5-11/h1-7H,8-10H2.